The van der Waals surface area contributed by atoms with Gasteiger partial charge in [-0.3, -0.25) is 0 Å². The highest BCUT2D eigenvalue weighted by atomic mass is 16.5. The first kappa shape index (κ1) is 12.2. The van der Waals surface area contributed by atoms with Gasteiger partial charge in [-0.1, -0.05) is 30.3 Å². The van der Waals surface area contributed by atoms with Crippen LogP contribution in [0, 0.1) is 11.3 Å². The molecule has 3 rings (SSSR count). The second kappa shape index (κ2) is 5.06. The molecule has 0 radical (unpaired) electrons. The van der Waals surface area contributed by atoms with E-state index in [1.54, 1.807) is 12.1 Å². The lowest BCUT2D eigenvalue weighted by Gasteiger charge is -2.07. The molecular weight excluding hydrogens is 252 g/mol. The Morgan fingerprint density at radius 1 is 1.20 bits per heavy atom. The van der Waals surface area contributed by atoms with Crippen LogP contribution in [0.25, 0.3) is 0 Å². The molecule has 0 fully saturated rings. The molecule has 1 aliphatic rings. The van der Waals surface area contributed by atoms with E-state index in [2.05, 4.69) is 5.32 Å². The van der Waals surface area contributed by atoms with Gasteiger partial charge in [-0.15, -0.1) is 0 Å². The Morgan fingerprint density at radius 3 is 2.75 bits per heavy atom. The number of anilines is 1. The largest absolute Gasteiger partial charge is 0.438 e. The second-order valence-corrected chi connectivity index (χ2v) is 4.56. The third kappa shape index (κ3) is 2.21. The van der Waals surface area contributed by atoms with E-state index in [-0.39, 0.29) is 0 Å². The van der Waals surface area contributed by atoms with Crippen LogP contribution in [-0.4, -0.2) is 5.97 Å². The van der Waals surface area contributed by atoms with Crippen LogP contribution < -0.4 is 5.32 Å². The summed E-state index contributed by atoms with van der Waals surface area (Å²) in [4.78, 5) is 11.7. The van der Waals surface area contributed by atoms with Gasteiger partial charge in [-0.2, -0.15) is 5.26 Å². The maximum Gasteiger partial charge on any atom is 0.340 e. The predicted octanol–water partition coefficient (Wildman–Crippen LogP) is 3.03. The first-order valence-corrected chi connectivity index (χ1v) is 6.30. The highest BCUT2D eigenvalue weighted by Gasteiger charge is 2.30. The molecule has 2 aromatic carbocycles. The SMILES string of the molecule is N#CC1OC(=O)c2cc(CNc3ccccc3)ccc21. The van der Waals surface area contributed by atoms with Gasteiger partial charge in [0.1, 0.15) is 6.07 Å². The van der Waals surface area contributed by atoms with Crippen molar-refractivity contribution in [2.75, 3.05) is 5.32 Å². The van der Waals surface area contributed by atoms with Gasteiger partial charge in [0.15, 0.2) is 0 Å². The van der Waals surface area contributed by atoms with Crippen molar-refractivity contribution in [3.63, 3.8) is 0 Å². The Hall–Kier alpha value is -2.80. The lowest BCUT2D eigenvalue weighted by atomic mass is 10.0. The van der Waals surface area contributed by atoms with Crippen molar-refractivity contribution in [3.05, 3.63) is 65.2 Å². The molecule has 1 heterocycles. The summed E-state index contributed by atoms with van der Waals surface area (Å²) in [7, 11) is 0. The molecule has 1 N–H and O–H groups in total. The fraction of sp³-hybridized carbons (Fsp3) is 0.125. The average Bonchev–Trinajstić information content (AvgIpc) is 2.82. The van der Waals surface area contributed by atoms with Crippen molar-refractivity contribution in [3.8, 4) is 6.07 Å². The molecule has 1 atom stereocenters. The van der Waals surface area contributed by atoms with Crippen molar-refractivity contribution < 1.29 is 9.53 Å². The van der Waals surface area contributed by atoms with E-state index >= 15 is 0 Å². The molecule has 0 aromatic heterocycles. The fourth-order valence-corrected chi connectivity index (χ4v) is 2.21. The number of nitrogens with zero attached hydrogens (tertiary/aromatic N) is 1. The van der Waals surface area contributed by atoms with Gasteiger partial charge < -0.3 is 10.1 Å². The molecule has 4 nitrogen and oxygen atoms in total. The van der Waals surface area contributed by atoms with E-state index in [4.69, 9.17) is 10.00 Å². The Kier molecular flexibility index (Phi) is 3.10. The minimum atomic E-state index is -0.770. The molecule has 4 heteroatoms. The number of esters is 1. The minimum Gasteiger partial charge on any atom is -0.438 e. The van der Waals surface area contributed by atoms with E-state index < -0.39 is 12.1 Å². The maximum absolute atomic E-state index is 11.7. The highest BCUT2D eigenvalue weighted by molar-refractivity contribution is 5.94. The molecule has 0 saturated carbocycles. The van der Waals surface area contributed by atoms with Crippen LogP contribution in [-0.2, 0) is 11.3 Å². The Bertz CT molecular complexity index is 689. The number of hydrogen-bond acceptors (Lipinski definition) is 4. The van der Waals surface area contributed by atoms with Gasteiger partial charge >= 0.3 is 5.97 Å². The quantitative estimate of drug-likeness (QED) is 0.865. The molecule has 1 unspecified atom stereocenters. The number of benzene rings is 2. The van der Waals surface area contributed by atoms with Gasteiger partial charge in [0.05, 0.1) is 5.56 Å². The number of fused-ring (bicyclic) bond motifs is 1. The van der Waals surface area contributed by atoms with E-state index in [0.717, 1.165) is 11.3 Å². The van der Waals surface area contributed by atoms with Crippen LogP contribution in [0.3, 0.4) is 0 Å². The molecule has 0 saturated heterocycles. The standard InChI is InChI=1S/C16H12N2O2/c17-9-15-13-7-6-11(8-14(13)16(19)20-15)10-18-12-4-2-1-3-5-12/h1-8,15,18H,10H2. The summed E-state index contributed by atoms with van der Waals surface area (Å²) in [6.45, 7) is 0.613. The number of ether oxygens (including phenoxy) is 1. The summed E-state index contributed by atoms with van der Waals surface area (Å²) in [6, 6.07) is 17.3. The molecule has 1 aliphatic heterocycles. The highest BCUT2D eigenvalue weighted by Crippen LogP contribution is 2.30. The molecule has 0 bridgehead atoms. The summed E-state index contributed by atoms with van der Waals surface area (Å²) in [5.41, 5.74) is 3.14. The summed E-state index contributed by atoms with van der Waals surface area (Å²) < 4.78 is 4.98. The molecule has 98 valence electrons. The summed E-state index contributed by atoms with van der Waals surface area (Å²) >= 11 is 0. The summed E-state index contributed by atoms with van der Waals surface area (Å²) in [6.07, 6.45) is -0.770. The van der Waals surface area contributed by atoms with Gasteiger partial charge in [0, 0.05) is 17.8 Å². The Balaban J connectivity index is 1.79. The number of hydrogen-bond donors (Lipinski definition) is 1. The topological polar surface area (TPSA) is 62.1 Å². The molecule has 2 aromatic rings. The number of cyclic esters (lactones) is 1. The maximum atomic E-state index is 11.7. The third-order valence-electron chi connectivity index (χ3n) is 3.23. The number of carbonyl (C=O) groups is 1. The van der Waals surface area contributed by atoms with Crippen LogP contribution >= 0.6 is 0 Å². The van der Waals surface area contributed by atoms with Gasteiger partial charge in [0.2, 0.25) is 6.10 Å². The van der Waals surface area contributed by atoms with Crippen LogP contribution in [0.1, 0.15) is 27.6 Å². The smallest absolute Gasteiger partial charge is 0.340 e. The Labute approximate surface area is 116 Å². The summed E-state index contributed by atoms with van der Waals surface area (Å²) in [5.74, 6) is -0.423. The van der Waals surface area contributed by atoms with Crippen LogP contribution in [0.15, 0.2) is 48.5 Å². The van der Waals surface area contributed by atoms with Crippen molar-refractivity contribution in [2.24, 2.45) is 0 Å². The van der Waals surface area contributed by atoms with Crippen LogP contribution in [0.4, 0.5) is 5.69 Å². The van der Waals surface area contributed by atoms with Crippen molar-refractivity contribution in [2.45, 2.75) is 12.6 Å². The number of nitriles is 1. The van der Waals surface area contributed by atoms with E-state index in [1.807, 2.05) is 42.5 Å². The lowest BCUT2D eigenvalue weighted by molar-refractivity contribution is 0.0478. The van der Waals surface area contributed by atoms with Crippen LogP contribution in [0.2, 0.25) is 0 Å². The van der Waals surface area contributed by atoms with Gasteiger partial charge in [0.25, 0.3) is 0 Å². The molecule has 0 amide bonds. The van der Waals surface area contributed by atoms with Crippen molar-refractivity contribution >= 4 is 11.7 Å². The van der Waals surface area contributed by atoms with Crippen molar-refractivity contribution in [1.29, 1.82) is 5.26 Å². The molecule has 20 heavy (non-hydrogen) atoms. The molecular formula is C16H12N2O2. The number of para-hydroxylation sites is 1. The first-order valence-electron chi connectivity index (χ1n) is 6.30. The zero-order chi connectivity index (χ0) is 13.9. The summed E-state index contributed by atoms with van der Waals surface area (Å²) in [5, 5.41) is 12.2. The lowest BCUT2D eigenvalue weighted by Crippen LogP contribution is -2.01. The number of rotatable bonds is 3. The fourth-order valence-electron chi connectivity index (χ4n) is 2.21. The zero-order valence-electron chi connectivity index (χ0n) is 10.7. The number of carbonyl (C=O) groups excluding carboxylic acids is 1. The monoisotopic (exact) mass is 264 g/mol. The minimum absolute atomic E-state index is 0.423. The molecule has 0 aliphatic carbocycles. The van der Waals surface area contributed by atoms with Gasteiger partial charge in [-0.05, 0) is 23.8 Å². The first-order chi connectivity index (χ1) is 9.78. The van der Waals surface area contributed by atoms with Crippen molar-refractivity contribution in [1.82, 2.24) is 0 Å². The normalized spacial score (nSPS) is 16.1. The third-order valence-corrected chi connectivity index (χ3v) is 3.23. The van der Waals surface area contributed by atoms with Crippen LogP contribution in [0.5, 0.6) is 0 Å². The Morgan fingerprint density at radius 2 is 2.00 bits per heavy atom. The predicted molar refractivity (Wildman–Crippen MR) is 74.0 cm³/mol. The van der Waals surface area contributed by atoms with Gasteiger partial charge in [-0.25, -0.2) is 4.79 Å². The molecule has 0 spiro atoms. The number of nitrogens with one attached hydrogen (secondary N) is 1. The average molecular weight is 264 g/mol. The van der Waals surface area contributed by atoms with E-state index in [9.17, 15) is 4.79 Å². The van der Waals surface area contributed by atoms with E-state index in [1.165, 1.54) is 0 Å². The second-order valence-electron chi connectivity index (χ2n) is 4.56. The zero-order valence-corrected chi connectivity index (χ0v) is 10.7. The van der Waals surface area contributed by atoms with E-state index in [0.29, 0.717) is 17.7 Å².